The number of phenolic OH excluding ortho intramolecular Hbond substituents is 1. The fourth-order valence-electron chi connectivity index (χ4n) is 2.62. The van der Waals surface area contributed by atoms with Crippen molar-refractivity contribution in [3.63, 3.8) is 0 Å². The first kappa shape index (κ1) is 12.9. The zero-order chi connectivity index (χ0) is 13.3. The average Bonchev–Trinajstić information content (AvgIpc) is 2.26. The molecule has 0 radical (unpaired) electrons. The van der Waals surface area contributed by atoms with Gasteiger partial charge in [-0.1, -0.05) is 6.92 Å². The molecule has 1 heterocycles. The molecule has 1 saturated heterocycles. The summed E-state index contributed by atoms with van der Waals surface area (Å²) in [4.78, 5) is 14.2. The van der Waals surface area contributed by atoms with Gasteiger partial charge in [-0.2, -0.15) is 0 Å². The maximum Gasteiger partial charge on any atom is 0.254 e. The number of benzene rings is 1. The summed E-state index contributed by atoms with van der Waals surface area (Å²) in [5, 5.41) is 9.37. The smallest absolute Gasteiger partial charge is 0.254 e. The predicted molar refractivity (Wildman–Crippen MR) is 70.5 cm³/mol. The molecule has 1 aromatic rings. The molecule has 0 spiro atoms. The summed E-state index contributed by atoms with van der Waals surface area (Å²) in [6.07, 6.45) is 0.971. The number of rotatable bonds is 1. The number of carbonyl (C=O) groups excluding carboxylic acids is 1. The first-order valence-electron chi connectivity index (χ1n) is 6.32. The molecular weight excluding hydrogens is 228 g/mol. The molecule has 1 fully saturated rings. The van der Waals surface area contributed by atoms with E-state index in [4.69, 9.17) is 5.73 Å². The SMILES string of the molecule is Cc1cc(O)ccc1C(=O)N1CC(C)CC(N)C1. The van der Waals surface area contributed by atoms with Crippen LogP contribution in [0.2, 0.25) is 0 Å². The number of piperidine rings is 1. The minimum absolute atomic E-state index is 0.00880. The van der Waals surface area contributed by atoms with Gasteiger partial charge in [-0.15, -0.1) is 0 Å². The van der Waals surface area contributed by atoms with Crippen LogP contribution in [0.4, 0.5) is 0 Å². The number of likely N-dealkylation sites (tertiary alicyclic amines) is 1. The molecule has 3 N–H and O–H groups in total. The number of aryl methyl sites for hydroxylation is 1. The maximum absolute atomic E-state index is 12.4. The zero-order valence-corrected chi connectivity index (χ0v) is 10.9. The van der Waals surface area contributed by atoms with Crippen molar-refractivity contribution < 1.29 is 9.90 Å². The second-order valence-electron chi connectivity index (χ2n) is 5.31. The molecule has 4 heteroatoms. The highest BCUT2D eigenvalue weighted by Gasteiger charge is 2.27. The number of amides is 1. The summed E-state index contributed by atoms with van der Waals surface area (Å²) in [5.74, 6) is 0.636. The van der Waals surface area contributed by atoms with E-state index in [-0.39, 0.29) is 17.7 Å². The number of nitrogens with zero attached hydrogens (tertiary/aromatic N) is 1. The van der Waals surface area contributed by atoms with E-state index in [1.807, 2.05) is 11.8 Å². The highest BCUT2D eigenvalue weighted by molar-refractivity contribution is 5.95. The van der Waals surface area contributed by atoms with Crippen molar-refractivity contribution in [2.75, 3.05) is 13.1 Å². The van der Waals surface area contributed by atoms with Crippen molar-refractivity contribution >= 4 is 5.91 Å². The lowest BCUT2D eigenvalue weighted by Gasteiger charge is -2.35. The van der Waals surface area contributed by atoms with Gasteiger partial charge in [0.1, 0.15) is 5.75 Å². The molecule has 0 aromatic heterocycles. The van der Waals surface area contributed by atoms with Crippen LogP contribution in [0.3, 0.4) is 0 Å². The molecule has 18 heavy (non-hydrogen) atoms. The molecule has 1 amide bonds. The molecule has 1 aliphatic heterocycles. The quantitative estimate of drug-likeness (QED) is 0.791. The standard InChI is InChI=1S/C14H20N2O2/c1-9-5-11(15)8-16(7-9)14(18)13-4-3-12(17)6-10(13)2/h3-4,6,9,11,17H,5,7-8,15H2,1-2H3. The van der Waals surface area contributed by atoms with Gasteiger partial charge in [-0.25, -0.2) is 0 Å². The van der Waals surface area contributed by atoms with Gasteiger partial charge in [0.2, 0.25) is 0 Å². The summed E-state index contributed by atoms with van der Waals surface area (Å²) in [6, 6.07) is 4.90. The number of phenols is 1. The van der Waals surface area contributed by atoms with Gasteiger partial charge >= 0.3 is 0 Å². The largest absolute Gasteiger partial charge is 0.508 e. The van der Waals surface area contributed by atoms with Crippen molar-refractivity contribution in [2.45, 2.75) is 26.3 Å². The molecular formula is C14H20N2O2. The van der Waals surface area contributed by atoms with E-state index in [0.717, 1.165) is 18.5 Å². The Morgan fingerprint density at radius 1 is 1.44 bits per heavy atom. The Balaban J connectivity index is 2.20. The van der Waals surface area contributed by atoms with Crippen molar-refractivity contribution in [1.82, 2.24) is 4.90 Å². The summed E-state index contributed by atoms with van der Waals surface area (Å²) in [7, 11) is 0. The minimum Gasteiger partial charge on any atom is -0.508 e. The van der Waals surface area contributed by atoms with Crippen molar-refractivity contribution in [1.29, 1.82) is 0 Å². The van der Waals surface area contributed by atoms with Crippen LogP contribution in [0.25, 0.3) is 0 Å². The van der Waals surface area contributed by atoms with Crippen LogP contribution < -0.4 is 5.73 Å². The third kappa shape index (κ3) is 2.64. The lowest BCUT2D eigenvalue weighted by Crippen LogP contribution is -2.48. The van der Waals surface area contributed by atoms with Crippen LogP contribution in [-0.4, -0.2) is 35.0 Å². The third-order valence-electron chi connectivity index (χ3n) is 3.42. The minimum atomic E-state index is 0.00880. The molecule has 2 atom stereocenters. The van der Waals surface area contributed by atoms with Crippen LogP contribution in [0.1, 0.15) is 29.3 Å². The highest BCUT2D eigenvalue weighted by Crippen LogP contribution is 2.21. The van der Waals surface area contributed by atoms with E-state index < -0.39 is 0 Å². The van der Waals surface area contributed by atoms with Crippen LogP contribution in [0.5, 0.6) is 5.75 Å². The Bertz CT molecular complexity index is 449. The van der Waals surface area contributed by atoms with Gasteiger partial charge in [0, 0.05) is 24.7 Å². The van der Waals surface area contributed by atoms with Gasteiger partial charge < -0.3 is 15.7 Å². The molecule has 0 bridgehead atoms. The molecule has 98 valence electrons. The Labute approximate surface area is 107 Å². The number of carbonyl (C=O) groups is 1. The molecule has 2 rings (SSSR count). The summed E-state index contributed by atoms with van der Waals surface area (Å²) >= 11 is 0. The number of aromatic hydroxyl groups is 1. The Morgan fingerprint density at radius 3 is 2.78 bits per heavy atom. The second kappa shape index (κ2) is 4.98. The summed E-state index contributed by atoms with van der Waals surface area (Å²) < 4.78 is 0. The fraction of sp³-hybridized carbons (Fsp3) is 0.500. The molecule has 2 unspecified atom stereocenters. The Morgan fingerprint density at radius 2 is 2.17 bits per heavy atom. The molecule has 1 aliphatic rings. The maximum atomic E-state index is 12.4. The highest BCUT2D eigenvalue weighted by atomic mass is 16.3. The summed E-state index contributed by atoms with van der Waals surface area (Å²) in [6.45, 7) is 5.32. The van der Waals surface area contributed by atoms with E-state index in [2.05, 4.69) is 6.92 Å². The lowest BCUT2D eigenvalue weighted by atomic mass is 9.95. The second-order valence-corrected chi connectivity index (χ2v) is 5.31. The van der Waals surface area contributed by atoms with Crippen LogP contribution in [0, 0.1) is 12.8 Å². The molecule has 4 nitrogen and oxygen atoms in total. The lowest BCUT2D eigenvalue weighted by molar-refractivity contribution is 0.0660. The van der Waals surface area contributed by atoms with E-state index in [1.54, 1.807) is 18.2 Å². The van der Waals surface area contributed by atoms with Crippen molar-refractivity contribution in [3.05, 3.63) is 29.3 Å². The van der Waals surface area contributed by atoms with Gasteiger partial charge in [-0.05, 0) is 43.0 Å². The average molecular weight is 248 g/mol. The van der Waals surface area contributed by atoms with Gasteiger partial charge in [-0.3, -0.25) is 4.79 Å². The van der Waals surface area contributed by atoms with Gasteiger partial charge in [0.05, 0.1) is 0 Å². The number of nitrogens with two attached hydrogens (primary N) is 1. The van der Waals surface area contributed by atoms with Crippen molar-refractivity contribution in [2.24, 2.45) is 11.7 Å². The predicted octanol–water partition coefficient (Wildman–Crippen LogP) is 1.51. The fourth-order valence-corrected chi connectivity index (χ4v) is 2.62. The third-order valence-corrected chi connectivity index (χ3v) is 3.42. The van der Waals surface area contributed by atoms with Crippen molar-refractivity contribution in [3.8, 4) is 5.75 Å². The monoisotopic (exact) mass is 248 g/mol. The zero-order valence-electron chi connectivity index (χ0n) is 10.9. The van der Waals surface area contributed by atoms with Gasteiger partial charge in [0.25, 0.3) is 5.91 Å². The molecule has 0 saturated carbocycles. The number of hydrogen-bond acceptors (Lipinski definition) is 3. The van der Waals surface area contributed by atoms with E-state index >= 15 is 0 Å². The normalized spacial score (nSPS) is 24.1. The topological polar surface area (TPSA) is 66.6 Å². The Hall–Kier alpha value is -1.55. The van der Waals surface area contributed by atoms with E-state index in [9.17, 15) is 9.90 Å². The van der Waals surface area contributed by atoms with E-state index in [1.165, 1.54) is 0 Å². The van der Waals surface area contributed by atoms with Crippen LogP contribution in [-0.2, 0) is 0 Å². The van der Waals surface area contributed by atoms with Crippen LogP contribution >= 0.6 is 0 Å². The first-order valence-corrected chi connectivity index (χ1v) is 6.32. The molecule has 1 aromatic carbocycles. The van der Waals surface area contributed by atoms with E-state index in [0.29, 0.717) is 18.0 Å². The Kier molecular flexibility index (Phi) is 3.57. The first-order chi connectivity index (χ1) is 8.47. The number of hydrogen-bond donors (Lipinski definition) is 2. The van der Waals surface area contributed by atoms with Gasteiger partial charge in [0.15, 0.2) is 0 Å². The molecule has 0 aliphatic carbocycles. The summed E-state index contributed by atoms with van der Waals surface area (Å²) in [5.41, 5.74) is 7.40. The van der Waals surface area contributed by atoms with Crippen LogP contribution in [0.15, 0.2) is 18.2 Å².